The summed E-state index contributed by atoms with van der Waals surface area (Å²) < 4.78 is 0. The Kier molecular flexibility index (Phi) is 4.09. The van der Waals surface area contributed by atoms with Gasteiger partial charge in [0.15, 0.2) is 0 Å². The largest absolute Gasteiger partial charge is 0.317 e. The first-order valence-electron chi connectivity index (χ1n) is 6.18. The number of nitrogens with one attached hydrogen (secondary N) is 1. The molecule has 0 aromatic rings. The van der Waals surface area contributed by atoms with Crippen molar-refractivity contribution in [3.8, 4) is 0 Å². The number of allylic oxidation sites excluding steroid dienone is 1. The Balaban J connectivity index is 1.89. The van der Waals surface area contributed by atoms with E-state index in [0.29, 0.717) is 12.5 Å². The second-order valence-electron chi connectivity index (χ2n) is 4.47. The summed E-state index contributed by atoms with van der Waals surface area (Å²) in [5.41, 5.74) is 0. The molecule has 0 atom stereocenters. The van der Waals surface area contributed by atoms with E-state index in [1.54, 1.807) is 6.08 Å². The van der Waals surface area contributed by atoms with Gasteiger partial charge in [-0.3, -0.25) is 14.5 Å². The number of carbonyl (C=O) groups is 2. The van der Waals surface area contributed by atoms with E-state index in [0.717, 1.165) is 32.4 Å². The topological polar surface area (TPSA) is 49.4 Å². The number of imide groups is 1. The van der Waals surface area contributed by atoms with Crippen LogP contribution in [0, 0.1) is 5.92 Å². The fourth-order valence-electron chi connectivity index (χ4n) is 2.15. The van der Waals surface area contributed by atoms with Crippen LogP contribution in [0.15, 0.2) is 24.3 Å². The van der Waals surface area contributed by atoms with E-state index in [1.165, 1.54) is 11.0 Å². The van der Waals surface area contributed by atoms with Gasteiger partial charge in [0.1, 0.15) is 0 Å². The highest BCUT2D eigenvalue weighted by Crippen LogP contribution is 2.13. The van der Waals surface area contributed by atoms with E-state index in [2.05, 4.69) is 5.32 Å². The molecule has 0 aliphatic carbocycles. The van der Waals surface area contributed by atoms with Crippen molar-refractivity contribution >= 4 is 11.8 Å². The zero-order valence-electron chi connectivity index (χ0n) is 9.89. The SMILES string of the molecule is O=C1C=CCCN1C(=O)/C=C/C1CCNCC1. The number of amides is 2. The third-order valence-corrected chi connectivity index (χ3v) is 3.21. The lowest BCUT2D eigenvalue weighted by molar-refractivity contribution is -0.139. The van der Waals surface area contributed by atoms with Gasteiger partial charge in [-0.2, -0.15) is 0 Å². The van der Waals surface area contributed by atoms with Gasteiger partial charge in [0, 0.05) is 6.54 Å². The highest BCUT2D eigenvalue weighted by molar-refractivity contribution is 6.05. The highest BCUT2D eigenvalue weighted by Gasteiger charge is 2.19. The predicted molar refractivity (Wildman–Crippen MR) is 65.2 cm³/mol. The van der Waals surface area contributed by atoms with Gasteiger partial charge < -0.3 is 5.32 Å². The van der Waals surface area contributed by atoms with Crippen LogP contribution in [0.25, 0.3) is 0 Å². The van der Waals surface area contributed by atoms with Crippen LogP contribution in [-0.4, -0.2) is 36.3 Å². The maximum absolute atomic E-state index is 11.8. The second-order valence-corrected chi connectivity index (χ2v) is 4.47. The van der Waals surface area contributed by atoms with E-state index in [1.807, 2.05) is 12.2 Å². The van der Waals surface area contributed by atoms with E-state index in [9.17, 15) is 9.59 Å². The van der Waals surface area contributed by atoms with E-state index in [4.69, 9.17) is 0 Å². The first-order valence-corrected chi connectivity index (χ1v) is 6.18. The molecule has 2 heterocycles. The smallest absolute Gasteiger partial charge is 0.253 e. The molecule has 17 heavy (non-hydrogen) atoms. The maximum Gasteiger partial charge on any atom is 0.253 e. The van der Waals surface area contributed by atoms with Gasteiger partial charge in [-0.25, -0.2) is 0 Å². The lowest BCUT2D eigenvalue weighted by Gasteiger charge is -2.21. The molecule has 1 saturated heterocycles. The second kappa shape index (κ2) is 5.77. The zero-order valence-corrected chi connectivity index (χ0v) is 9.89. The first-order chi connectivity index (χ1) is 8.27. The van der Waals surface area contributed by atoms with Crippen molar-refractivity contribution < 1.29 is 9.59 Å². The average Bonchev–Trinajstić information content (AvgIpc) is 2.38. The quantitative estimate of drug-likeness (QED) is 0.721. The molecule has 4 heteroatoms. The summed E-state index contributed by atoms with van der Waals surface area (Å²) in [5.74, 6) is 0.0877. The summed E-state index contributed by atoms with van der Waals surface area (Å²) in [6.07, 6.45) is 9.69. The Labute approximate surface area is 101 Å². The Morgan fingerprint density at radius 3 is 2.88 bits per heavy atom. The molecule has 0 spiro atoms. The van der Waals surface area contributed by atoms with Gasteiger partial charge >= 0.3 is 0 Å². The van der Waals surface area contributed by atoms with Crippen LogP contribution in [0.5, 0.6) is 0 Å². The normalized spacial score (nSPS) is 22.4. The van der Waals surface area contributed by atoms with E-state index < -0.39 is 0 Å². The number of hydrogen-bond donors (Lipinski definition) is 1. The summed E-state index contributed by atoms with van der Waals surface area (Å²) in [4.78, 5) is 24.6. The van der Waals surface area contributed by atoms with Crippen molar-refractivity contribution in [2.75, 3.05) is 19.6 Å². The molecule has 92 valence electrons. The molecular formula is C13H18N2O2. The molecule has 2 aliphatic heterocycles. The molecule has 0 aromatic heterocycles. The number of piperidine rings is 1. The van der Waals surface area contributed by atoms with Crippen LogP contribution in [0.2, 0.25) is 0 Å². The van der Waals surface area contributed by atoms with E-state index >= 15 is 0 Å². The fraction of sp³-hybridized carbons (Fsp3) is 0.538. The molecule has 0 saturated carbocycles. The molecule has 2 amide bonds. The lowest BCUT2D eigenvalue weighted by Crippen LogP contribution is -2.37. The van der Waals surface area contributed by atoms with Crippen LogP contribution in [-0.2, 0) is 9.59 Å². The van der Waals surface area contributed by atoms with Gasteiger partial charge in [0.05, 0.1) is 0 Å². The Morgan fingerprint density at radius 1 is 1.41 bits per heavy atom. The summed E-state index contributed by atoms with van der Waals surface area (Å²) in [7, 11) is 0. The minimum absolute atomic E-state index is 0.183. The summed E-state index contributed by atoms with van der Waals surface area (Å²) in [6, 6.07) is 0. The highest BCUT2D eigenvalue weighted by atomic mass is 16.2. The van der Waals surface area contributed by atoms with Crippen molar-refractivity contribution in [2.24, 2.45) is 5.92 Å². The monoisotopic (exact) mass is 234 g/mol. The number of nitrogens with zero attached hydrogens (tertiary/aromatic N) is 1. The molecule has 0 aromatic carbocycles. The zero-order chi connectivity index (χ0) is 12.1. The van der Waals surface area contributed by atoms with Crippen LogP contribution in [0.4, 0.5) is 0 Å². The van der Waals surface area contributed by atoms with Crippen molar-refractivity contribution in [1.29, 1.82) is 0 Å². The maximum atomic E-state index is 11.8. The predicted octanol–water partition coefficient (Wildman–Crippen LogP) is 0.857. The lowest BCUT2D eigenvalue weighted by atomic mass is 9.98. The summed E-state index contributed by atoms with van der Waals surface area (Å²) in [6.45, 7) is 2.52. The third-order valence-electron chi connectivity index (χ3n) is 3.21. The van der Waals surface area contributed by atoms with Crippen LogP contribution in [0.3, 0.4) is 0 Å². The molecule has 1 fully saturated rings. The number of carbonyl (C=O) groups excluding carboxylic acids is 2. The van der Waals surface area contributed by atoms with Gasteiger partial charge in [0.2, 0.25) is 0 Å². The molecule has 0 unspecified atom stereocenters. The first kappa shape index (κ1) is 12.0. The van der Waals surface area contributed by atoms with Gasteiger partial charge in [-0.15, -0.1) is 0 Å². The molecule has 0 radical (unpaired) electrons. The minimum Gasteiger partial charge on any atom is -0.317 e. The number of hydrogen-bond acceptors (Lipinski definition) is 3. The van der Waals surface area contributed by atoms with Crippen molar-refractivity contribution in [1.82, 2.24) is 10.2 Å². The average molecular weight is 234 g/mol. The molecule has 2 rings (SSSR count). The van der Waals surface area contributed by atoms with Crippen molar-refractivity contribution in [3.05, 3.63) is 24.3 Å². The Hall–Kier alpha value is -1.42. The van der Waals surface area contributed by atoms with Gasteiger partial charge in [-0.05, 0) is 50.4 Å². The molecule has 1 N–H and O–H groups in total. The van der Waals surface area contributed by atoms with E-state index in [-0.39, 0.29) is 11.8 Å². The van der Waals surface area contributed by atoms with Crippen LogP contribution in [0.1, 0.15) is 19.3 Å². The number of rotatable bonds is 2. The summed E-state index contributed by atoms with van der Waals surface area (Å²) in [5, 5.41) is 3.28. The molecule has 0 bridgehead atoms. The Bertz CT molecular complexity index is 354. The minimum atomic E-state index is -0.198. The van der Waals surface area contributed by atoms with Crippen LogP contribution >= 0.6 is 0 Å². The summed E-state index contributed by atoms with van der Waals surface area (Å²) >= 11 is 0. The third kappa shape index (κ3) is 3.27. The standard InChI is InChI=1S/C13H18N2O2/c16-12-3-1-2-10-15(12)13(17)5-4-11-6-8-14-9-7-11/h1,3-5,11,14H,2,6-10H2/b5-4+. The van der Waals surface area contributed by atoms with Crippen LogP contribution < -0.4 is 5.32 Å². The Morgan fingerprint density at radius 2 is 2.18 bits per heavy atom. The fourth-order valence-corrected chi connectivity index (χ4v) is 2.15. The molecule has 4 nitrogen and oxygen atoms in total. The van der Waals surface area contributed by atoms with Crippen molar-refractivity contribution in [3.63, 3.8) is 0 Å². The van der Waals surface area contributed by atoms with Gasteiger partial charge in [0.25, 0.3) is 11.8 Å². The molecular weight excluding hydrogens is 216 g/mol. The molecule has 2 aliphatic rings. The van der Waals surface area contributed by atoms with Crippen molar-refractivity contribution in [2.45, 2.75) is 19.3 Å². The van der Waals surface area contributed by atoms with Gasteiger partial charge in [-0.1, -0.05) is 12.2 Å².